The largest absolute Gasteiger partial charge is 0.281 e. The van der Waals surface area contributed by atoms with Crippen LogP contribution in [0.25, 0.3) is 11.1 Å². The highest BCUT2D eigenvalue weighted by molar-refractivity contribution is 6.48. The Labute approximate surface area is 110 Å². The van der Waals surface area contributed by atoms with Crippen molar-refractivity contribution in [3.05, 3.63) is 71.8 Å². The summed E-state index contributed by atoms with van der Waals surface area (Å²) >= 11 is 0. The van der Waals surface area contributed by atoms with E-state index in [1.165, 1.54) is 0 Å². The van der Waals surface area contributed by atoms with Crippen LogP contribution in [-0.2, 0) is 9.59 Å². The Morgan fingerprint density at radius 2 is 0.947 bits per heavy atom. The molecule has 0 unspecified atom stereocenters. The van der Waals surface area contributed by atoms with Gasteiger partial charge < -0.3 is 0 Å². The predicted octanol–water partition coefficient (Wildman–Crippen LogP) is 2.27. The van der Waals surface area contributed by atoms with Crippen LogP contribution in [0.4, 0.5) is 0 Å². The van der Waals surface area contributed by atoms with Crippen LogP contribution in [0.3, 0.4) is 0 Å². The number of carbonyl (C=O) groups is 2. The highest BCUT2D eigenvalue weighted by Gasteiger charge is 2.33. The first kappa shape index (κ1) is 11.4. The average Bonchev–Trinajstić information content (AvgIpc) is 2.75. The Kier molecular flexibility index (Phi) is 2.72. The van der Waals surface area contributed by atoms with Gasteiger partial charge in [0.05, 0.1) is 11.1 Å². The molecule has 3 heteroatoms. The lowest BCUT2D eigenvalue weighted by Crippen LogP contribution is -2.14. The molecule has 0 saturated heterocycles. The van der Waals surface area contributed by atoms with Gasteiger partial charge in [0.2, 0.25) is 0 Å². The Morgan fingerprint density at radius 1 is 0.579 bits per heavy atom. The Bertz CT molecular complexity index is 613. The Balaban J connectivity index is 2.24. The van der Waals surface area contributed by atoms with Crippen molar-refractivity contribution < 1.29 is 9.59 Å². The first-order valence-electron chi connectivity index (χ1n) is 5.93. The normalized spacial score (nSPS) is 14.7. The number of imide groups is 1. The first-order valence-corrected chi connectivity index (χ1v) is 5.93. The number of hydrogen-bond donors (Lipinski definition) is 0. The summed E-state index contributed by atoms with van der Waals surface area (Å²) in [5, 5.41) is 3.55. The molecule has 1 aliphatic rings. The molecule has 1 radical (unpaired) electrons. The summed E-state index contributed by atoms with van der Waals surface area (Å²) in [6.45, 7) is 0. The van der Waals surface area contributed by atoms with Crippen LogP contribution in [0.1, 0.15) is 11.1 Å². The highest BCUT2D eigenvalue weighted by atomic mass is 16.2. The monoisotopic (exact) mass is 248 g/mol. The minimum absolute atomic E-state index is 0.386. The Hall–Kier alpha value is -2.68. The fraction of sp³-hybridized carbons (Fsp3) is 0. The smallest absolute Gasteiger partial charge is 0.267 e. The SMILES string of the molecule is O=C1[N]C(=O)C(c2ccccc2)=C1c1ccccc1. The molecule has 1 heterocycles. The molecular formula is C16H10NO2. The van der Waals surface area contributed by atoms with E-state index in [4.69, 9.17) is 0 Å². The molecule has 0 spiro atoms. The fourth-order valence-electron chi connectivity index (χ4n) is 2.16. The standard InChI is InChI=1S/C16H10NO2/c18-15-13(11-7-3-1-4-8-11)14(16(19)17-15)12-9-5-2-6-10-12/h1-10H. The zero-order chi connectivity index (χ0) is 13.2. The molecule has 0 bridgehead atoms. The van der Waals surface area contributed by atoms with Gasteiger partial charge in [-0.15, -0.1) is 0 Å². The van der Waals surface area contributed by atoms with Crippen molar-refractivity contribution in [3.63, 3.8) is 0 Å². The average molecular weight is 248 g/mol. The van der Waals surface area contributed by atoms with E-state index in [1.807, 2.05) is 60.7 Å². The van der Waals surface area contributed by atoms with Crippen LogP contribution >= 0.6 is 0 Å². The number of nitrogens with zero attached hydrogens (tertiary/aromatic N) is 1. The molecule has 0 N–H and O–H groups in total. The van der Waals surface area contributed by atoms with Crippen molar-refractivity contribution in [2.45, 2.75) is 0 Å². The van der Waals surface area contributed by atoms with E-state index >= 15 is 0 Å². The molecule has 2 aromatic carbocycles. The van der Waals surface area contributed by atoms with Crippen molar-refractivity contribution >= 4 is 23.0 Å². The molecule has 0 saturated carbocycles. The van der Waals surface area contributed by atoms with Crippen LogP contribution < -0.4 is 5.32 Å². The van der Waals surface area contributed by atoms with Gasteiger partial charge >= 0.3 is 0 Å². The lowest BCUT2D eigenvalue weighted by molar-refractivity contribution is -0.123. The first-order chi connectivity index (χ1) is 9.27. The highest BCUT2D eigenvalue weighted by Crippen LogP contribution is 2.31. The van der Waals surface area contributed by atoms with Gasteiger partial charge in [-0.05, 0) is 11.1 Å². The molecule has 0 aliphatic carbocycles. The molecule has 0 atom stereocenters. The summed E-state index contributed by atoms with van der Waals surface area (Å²) in [6, 6.07) is 18.3. The van der Waals surface area contributed by atoms with Crippen LogP contribution in [-0.4, -0.2) is 11.8 Å². The molecule has 2 aromatic rings. The van der Waals surface area contributed by atoms with Crippen LogP contribution in [0.2, 0.25) is 0 Å². The van der Waals surface area contributed by atoms with Gasteiger partial charge in [0.1, 0.15) is 0 Å². The summed E-state index contributed by atoms with van der Waals surface area (Å²) in [5.41, 5.74) is 2.22. The summed E-state index contributed by atoms with van der Waals surface area (Å²) in [5.74, 6) is -0.926. The maximum absolute atomic E-state index is 11.9. The Morgan fingerprint density at radius 3 is 1.32 bits per heavy atom. The second-order valence-corrected chi connectivity index (χ2v) is 4.20. The van der Waals surface area contributed by atoms with Gasteiger partial charge in [0, 0.05) is 0 Å². The van der Waals surface area contributed by atoms with Crippen molar-refractivity contribution in [1.29, 1.82) is 0 Å². The topological polar surface area (TPSA) is 48.2 Å². The van der Waals surface area contributed by atoms with Crippen molar-refractivity contribution in [2.24, 2.45) is 0 Å². The van der Waals surface area contributed by atoms with Crippen LogP contribution in [0.5, 0.6) is 0 Å². The second-order valence-electron chi connectivity index (χ2n) is 4.20. The molecule has 1 aliphatic heterocycles. The maximum Gasteiger partial charge on any atom is 0.281 e. The summed E-state index contributed by atoms with van der Waals surface area (Å²) in [4.78, 5) is 23.8. The third-order valence-electron chi connectivity index (χ3n) is 3.01. The zero-order valence-electron chi connectivity index (χ0n) is 10.0. The van der Waals surface area contributed by atoms with E-state index in [0.717, 1.165) is 11.1 Å². The molecule has 2 amide bonds. The molecule has 3 rings (SSSR count). The lowest BCUT2D eigenvalue weighted by atomic mass is 9.96. The zero-order valence-corrected chi connectivity index (χ0v) is 10.0. The van der Waals surface area contributed by atoms with Gasteiger partial charge in [-0.25, -0.2) is 0 Å². The minimum atomic E-state index is -0.463. The minimum Gasteiger partial charge on any atom is -0.267 e. The van der Waals surface area contributed by atoms with Crippen LogP contribution in [0.15, 0.2) is 60.7 Å². The second kappa shape index (κ2) is 4.53. The van der Waals surface area contributed by atoms with Gasteiger partial charge in [0.25, 0.3) is 11.8 Å². The molecule has 3 nitrogen and oxygen atoms in total. The van der Waals surface area contributed by atoms with Gasteiger partial charge in [-0.2, -0.15) is 5.32 Å². The number of hydrogen-bond acceptors (Lipinski definition) is 2. The van der Waals surface area contributed by atoms with E-state index in [-0.39, 0.29) is 0 Å². The quantitative estimate of drug-likeness (QED) is 0.765. The summed E-state index contributed by atoms with van der Waals surface area (Å²) < 4.78 is 0. The van der Waals surface area contributed by atoms with E-state index in [9.17, 15) is 9.59 Å². The van der Waals surface area contributed by atoms with Gasteiger partial charge in [-0.1, -0.05) is 60.7 Å². The number of amides is 2. The molecule has 0 aromatic heterocycles. The third-order valence-corrected chi connectivity index (χ3v) is 3.01. The molecule has 91 valence electrons. The fourth-order valence-corrected chi connectivity index (χ4v) is 2.16. The van der Waals surface area contributed by atoms with Crippen LogP contribution in [0, 0.1) is 0 Å². The van der Waals surface area contributed by atoms with Gasteiger partial charge in [0.15, 0.2) is 0 Å². The molecular weight excluding hydrogens is 238 g/mol. The number of carbonyl (C=O) groups excluding carboxylic acids is 2. The van der Waals surface area contributed by atoms with Crippen molar-refractivity contribution in [3.8, 4) is 0 Å². The summed E-state index contributed by atoms with van der Waals surface area (Å²) in [7, 11) is 0. The van der Waals surface area contributed by atoms with Crippen molar-refractivity contribution in [2.75, 3.05) is 0 Å². The van der Waals surface area contributed by atoms with E-state index in [1.54, 1.807) is 0 Å². The number of benzene rings is 2. The predicted molar refractivity (Wildman–Crippen MR) is 71.8 cm³/mol. The van der Waals surface area contributed by atoms with Crippen molar-refractivity contribution in [1.82, 2.24) is 5.32 Å². The van der Waals surface area contributed by atoms with E-state index in [0.29, 0.717) is 11.1 Å². The molecule has 0 fully saturated rings. The molecule has 19 heavy (non-hydrogen) atoms. The lowest BCUT2D eigenvalue weighted by Gasteiger charge is -2.03. The van der Waals surface area contributed by atoms with E-state index in [2.05, 4.69) is 5.32 Å². The maximum atomic E-state index is 11.9. The summed E-state index contributed by atoms with van der Waals surface area (Å²) in [6.07, 6.45) is 0. The van der Waals surface area contributed by atoms with Gasteiger partial charge in [-0.3, -0.25) is 9.59 Å². The number of rotatable bonds is 2. The van der Waals surface area contributed by atoms with E-state index < -0.39 is 11.8 Å². The third kappa shape index (κ3) is 1.95.